The molecule has 0 spiro atoms. The number of carboxylic acids is 1. The smallest absolute Gasteiger partial charge is 0.311 e. The average Bonchev–Trinajstić information content (AvgIpc) is 2.79. The lowest BCUT2D eigenvalue weighted by Gasteiger charge is -2.29. The number of aliphatic carboxylic acids is 1. The van der Waals surface area contributed by atoms with Crippen LogP contribution in [0.25, 0.3) is 0 Å². The number of hydrogen-bond acceptors (Lipinski definition) is 3. The van der Waals surface area contributed by atoms with Gasteiger partial charge in [-0.2, -0.15) is 0 Å². The molecule has 2 N–H and O–H groups in total. The van der Waals surface area contributed by atoms with Crippen molar-refractivity contribution >= 4 is 11.9 Å². The quantitative estimate of drug-likeness (QED) is 0.757. The van der Waals surface area contributed by atoms with Crippen LogP contribution < -0.4 is 5.32 Å². The molecule has 0 saturated carbocycles. The van der Waals surface area contributed by atoms with Crippen molar-refractivity contribution < 1.29 is 19.4 Å². The maximum Gasteiger partial charge on any atom is 0.311 e. The summed E-state index contributed by atoms with van der Waals surface area (Å²) in [5, 5.41) is 12.0. The molecule has 1 heterocycles. The van der Waals surface area contributed by atoms with Gasteiger partial charge in [-0.15, -0.1) is 0 Å². The van der Waals surface area contributed by atoms with E-state index >= 15 is 0 Å². The SMILES string of the molecule is CCC(CC)(CNC(=O)C1(C)CCCO1)C(=O)O. The lowest BCUT2D eigenvalue weighted by atomic mass is 9.82. The monoisotopic (exact) mass is 257 g/mol. The summed E-state index contributed by atoms with van der Waals surface area (Å²) in [6.45, 7) is 6.17. The van der Waals surface area contributed by atoms with Crippen LogP contribution in [0.1, 0.15) is 46.5 Å². The van der Waals surface area contributed by atoms with E-state index < -0.39 is 17.0 Å². The predicted molar refractivity (Wildman–Crippen MR) is 67.3 cm³/mol. The van der Waals surface area contributed by atoms with Gasteiger partial charge in [-0.1, -0.05) is 13.8 Å². The van der Waals surface area contributed by atoms with Crippen LogP contribution in [0.4, 0.5) is 0 Å². The number of carboxylic acid groups (broad SMARTS) is 1. The maximum absolute atomic E-state index is 12.0. The van der Waals surface area contributed by atoms with E-state index in [9.17, 15) is 14.7 Å². The van der Waals surface area contributed by atoms with Crippen LogP contribution in [-0.2, 0) is 14.3 Å². The Balaban J connectivity index is 2.63. The highest BCUT2D eigenvalue weighted by Gasteiger charge is 2.40. The fourth-order valence-corrected chi connectivity index (χ4v) is 2.27. The van der Waals surface area contributed by atoms with Crippen LogP contribution in [0.5, 0.6) is 0 Å². The molecule has 0 radical (unpaired) electrons. The van der Waals surface area contributed by atoms with E-state index in [4.69, 9.17) is 4.74 Å². The molecule has 5 nitrogen and oxygen atoms in total. The van der Waals surface area contributed by atoms with Gasteiger partial charge in [0.25, 0.3) is 5.91 Å². The van der Waals surface area contributed by atoms with Crippen molar-refractivity contribution in [3.8, 4) is 0 Å². The average molecular weight is 257 g/mol. The minimum Gasteiger partial charge on any atom is -0.481 e. The number of ether oxygens (including phenoxy) is 1. The fourth-order valence-electron chi connectivity index (χ4n) is 2.27. The standard InChI is InChI=1S/C13H23NO4/c1-4-13(5-2,11(16)17)9-14-10(15)12(3)7-6-8-18-12/h4-9H2,1-3H3,(H,14,15)(H,16,17). The van der Waals surface area contributed by atoms with Crippen molar-refractivity contribution in [3.05, 3.63) is 0 Å². The Labute approximate surface area is 108 Å². The molecule has 1 atom stereocenters. The Bertz CT molecular complexity index is 317. The first-order valence-corrected chi connectivity index (χ1v) is 6.56. The highest BCUT2D eigenvalue weighted by Crippen LogP contribution is 2.28. The first-order valence-electron chi connectivity index (χ1n) is 6.56. The van der Waals surface area contributed by atoms with E-state index in [0.29, 0.717) is 25.9 Å². The Hall–Kier alpha value is -1.10. The summed E-state index contributed by atoms with van der Waals surface area (Å²) in [6.07, 6.45) is 2.56. The van der Waals surface area contributed by atoms with Crippen LogP contribution in [0, 0.1) is 5.41 Å². The Morgan fingerprint density at radius 1 is 1.39 bits per heavy atom. The molecule has 0 bridgehead atoms. The molecule has 0 aromatic rings. The number of hydrogen-bond donors (Lipinski definition) is 2. The number of rotatable bonds is 6. The van der Waals surface area contributed by atoms with Gasteiger partial charge in [-0.25, -0.2) is 0 Å². The number of amides is 1. The molecule has 1 aliphatic rings. The zero-order valence-electron chi connectivity index (χ0n) is 11.4. The van der Waals surface area contributed by atoms with Gasteiger partial charge in [-0.05, 0) is 32.6 Å². The normalized spacial score (nSPS) is 23.9. The Morgan fingerprint density at radius 3 is 2.39 bits per heavy atom. The van der Waals surface area contributed by atoms with Crippen LogP contribution in [0.3, 0.4) is 0 Å². The van der Waals surface area contributed by atoms with E-state index in [1.807, 2.05) is 13.8 Å². The Morgan fingerprint density at radius 2 is 2.00 bits per heavy atom. The number of carbonyl (C=O) groups is 2. The summed E-state index contributed by atoms with van der Waals surface area (Å²) >= 11 is 0. The van der Waals surface area contributed by atoms with Crippen LogP contribution in [0.2, 0.25) is 0 Å². The molecule has 0 aromatic heterocycles. The number of nitrogens with one attached hydrogen (secondary N) is 1. The minimum atomic E-state index is -0.870. The van der Waals surface area contributed by atoms with Crippen molar-refractivity contribution in [1.82, 2.24) is 5.32 Å². The summed E-state index contributed by atoms with van der Waals surface area (Å²) in [4.78, 5) is 23.4. The van der Waals surface area contributed by atoms with Crippen molar-refractivity contribution in [1.29, 1.82) is 0 Å². The number of carbonyl (C=O) groups excluding carboxylic acids is 1. The first kappa shape index (κ1) is 15.0. The predicted octanol–water partition coefficient (Wildman–Crippen LogP) is 1.56. The van der Waals surface area contributed by atoms with E-state index in [-0.39, 0.29) is 12.5 Å². The highest BCUT2D eigenvalue weighted by molar-refractivity contribution is 5.85. The highest BCUT2D eigenvalue weighted by atomic mass is 16.5. The molecule has 5 heteroatoms. The lowest BCUT2D eigenvalue weighted by molar-refractivity contribution is -0.150. The molecule has 18 heavy (non-hydrogen) atoms. The molecule has 0 aromatic carbocycles. The summed E-state index contributed by atoms with van der Waals surface area (Å²) in [6, 6.07) is 0. The van der Waals surface area contributed by atoms with Gasteiger partial charge in [0.2, 0.25) is 0 Å². The molecular weight excluding hydrogens is 234 g/mol. The lowest BCUT2D eigenvalue weighted by Crippen LogP contribution is -2.49. The second-order valence-electron chi connectivity index (χ2n) is 5.16. The van der Waals surface area contributed by atoms with Crippen molar-refractivity contribution in [2.75, 3.05) is 13.2 Å². The zero-order chi connectivity index (χ0) is 13.8. The minimum absolute atomic E-state index is 0.160. The van der Waals surface area contributed by atoms with E-state index in [2.05, 4.69) is 5.32 Å². The van der Waals surface area contributed by atoms with E-state index in [1.54, 1.807) is 6.92 Å². The fraction of sp³-hybridized carbons (Fsp3) is 0.846. The van der Waals surface area contributed by atoms with E-state index in [0.717, 1.165) is 6.42 Å². The topological polar surface area (TPSA) is 75.6 Å². The van der Waals surface area contributed by atoms with Gasteiger partial charge in [0.1, 0.15) is 5.60 Å². The summed E-state index contributed by atoms with van der Waals surface area (Å²) < 4.78 is 5.44. The molecule has 1 aliphatic heterocycles. The van der Waals surface area contributed by atoms with Gasteiger partial charge in [0, 0.05) is 13.2 Å². The largest absolute Gasteiger partial charge is 0.481 e. The molecule has 1 saturated heterocycles. The molecule has 1 unspecified atom stereocenters. The first-order chi connectivity index (χ1) is 8.40. The van der Waals surface area contributed by atoms with Crippen molar-refractivity contribution in [3.63, 3.8) is 0 Å². The molecule has 1 fully saturated rings. The van der Waals surface area contributed by atoms with Gasteiger partial charge < -0.3 is 15.2 Å². The third kappa shape index (κ3) is 2.83. The zero-order valence-corrected chi connectivity index (χ0v) is 11.4. The van der Waals surface area contributed by atoms with Crippen LogP contribution >= 0.6 is 0 Å². The van der Waals surface area contributed by atoms with Crippen LogP contribution in [0.15, 0.2) is 0 Å². The maximum atomic E-state index is 12.0. The van der Waals surface area contributed by atoms with Crippen LogP contribution in [-0.4, -0.2) is 35.7 Å². The molecule has 104 valence electrons. The Kier molecular flexibility index (Phi) is 4.73. The van der Waals surface area contributed by atoms with Gasteiger partial charge in [0.15, 0.2) is 0 Å². The van der Waals surface area contributed by atoms with Crippen molar-refractivity contribution in [2.45, 2.75) is 52.1 Å². The van der Waals surface area contributed by atoms with Gasteiger partial charge >= 0.3 is 5.97 Å². The molecule has 0 aliphatic carbocycles. The molecule has 1 rings (SSSR count). The van der Waals surface area contributed by atoms with Crippen molar-refractivity contribution in [2.24, 2.45) is 5.41 Å². The van der Waals surface area contributed by atoms with E-state index in [1.165, 1.54) is 0 Å². The third-order valence-electron chi connectivity index (χ3n) is 4.09. The molecule has 1 amide bonds. The summed E-state index contributed by atoms with van der Waals surface area (Å²) in [5.41, 5.74) is -1.66. The summed E-state index contributed by atoms with van der Waals surface area (Å²) in [7, 11) is 0. The molecular formula is C13H23NO4. The second kappa shape index (κ2) is 5.69. The van der Waals surface area contributed by atoms with Gasteiger partial charge in [0.05, 0.1) is 5.41 Å². The van der Waals surface area contributed by atoms with Gasteiger partial charge in [-0.3, -0.25) is 9.59 Å². The second-order valence-corrected chi connectivity index (χ2v) is 5.16. The third-order valence-corrected chi connectivity index (χ3v) is 4.09. The summed E-state index contributed by atoms with van der Waals surface area (Å²) in [5.74, 6) is -1.06.